The quantitative estimate of drug-likeness (QED) is 0.358. The van der Waals surface area contributed by atoms with Crippen molar-refractivity contribution < 1.29 is 29.0 Å². The summed E-state index contributed by atoms with van der Waals surface area (Å²) < 4.78 is 5.61. The van der Waals surface area contributed by atoms with Gasteiger partial charge in [0.05, 0.1) is 11.3 Å². The van der Waals surface area contributed by atoms with Crippen molar-refractivity contribution in [3.63, 3.8) is 0 Å². The van der Waals surface area contributed by atoms with E-state index in [0.29, 0.717) is 11.3 Å². The van der Waals surface area contributed by atoms with Crippen LogP contribution >= 0.6 is 0 Å². The average molecular weight is 440 g/mol. The number of hydrogen-bond donors (Lipinski definition) is 2. The van der Waals surface area contributed by atoms with Gasteiger partial charge in [-0.15, -0.1) is 6.42 Å². The van der Waals surface area contributed by atoms with Crippen molar-refractivity contribution in [3.05, 3.63) is 77.4 Å². The molecule has 2 N–H and O–H groups in total. The van der Waals surface area contributed by atoms with E-state index in [1.807, 2.05) is 24.3 Å². The molecule has 1 fully saturated rings. The van der Waals surface area contributed by atoms with Gasteiger partial charge in [-0.25, -0.2) is 14.5 Å². The fourth-order valence-electron chi connectivity index (χ4n) is 3.46. The number of aromatic carboxylic acids is 1. The first-order valence-electron chi connectivity index (χ1n) is 9.73. The van der Waals surface area contributed by atoms with Crippen LogP contribution in [-0.2, 0) is 9.59 Å². The van der Waals surface area contributed by atoms with E-state index < -0.39 is 23.8 Å². The molecule has 8 nitrogen and oxygen atoms in total. The minimum absolute atomic E-state index is 0.0125. The smallest absolute Gasteiger partial charge is 0.335 e. The van der Waals surface area contributed by atoms with E-state index in [1.54, 1.807) is 12.1 Å². The van der Waals surface area contributed by atoms with Gasteiger partial charge < -0.3 is 9.84 Å². The number of rotatable bonds is 5. The highest BCUT2D eigenvalue weighted by atomic mass is 16.5. The van der Waals surface area contributed by atoms with Crippen molar-refractivity contribution in [1.29, 1.82) is 0 Å². The Labute approximate surface area is 188 Å². The Morgan fingerprint density at radius 2 is 1.79 bits per heavy atom. The Kier molecular flexibility index (Phi) is 5.62. The highest BCUT2D eigenvalue weighted by molar-refractivity contribution is 6.39. The van der Waals surface area contributed by atoms with Crippen molar-refractivity contribution in [2.45, 2.75) is 0 Å². The molecule has 162 valence electrons. The van der Waals surface area contributed by atoms with Crippen LogP contribution in [0.4, 0.5) is 10.5 Å². The lowest BCUT2D eigenvalue weighted by atomic mass is 9.99. The van der Waals surface area contributed by atoms with Crippen molar-refractivity contribution in [2.75, 3.05) is 11.5 Å². The molecule has 1 aliphatic rings. The van der Waals surface area contributed by atoms with E-state index >= 15 is 0 Å². The Balaban J connectivity index is 1.82. The van der Waals surface area contributed by atoms with E-state index in [-0.39, 0.29) is 23.4 Å². The second-order valence-corrected chi connectivity index (χ2v) is 7.00. The number of carbonyl (C=O) groups excluding carboxylic acids is 3. The van der Waals surface area contributed by atoms with Crippen LogP contribution in [0.3, 0.4) is 0 Å². The lowest BCUT2D eigenvalue weighted by molar-refractivity contribution is -0.122. The number of hydrogen-bond acceptors (Lipinski definition) is 5. The highest BCUT2D eigenvalue weighted by Gasteiger charge is 2.37. The number of carboxylic acid groups (broad SMARTS) is 1. The first-order valence-corrected chi connectivity index (χ1v) is 9.73. The number of barbiturate groups is 1. The number of terminal acetylenes is 1. The maximum atomic E-state index is 13.2. The molecule has 0 atom stereocenters. The van der Waals surface area contributed by atoms with Crippen LogP contribution in [0.25, 0.3) is 16.8 Å². The summed E-state index contributed by atoms with van der Waals surface area (Å²) in [7, 11) is 0. The summed E-state index contributed by atoms with van der Waals surface area (Å²) in [5, 5.41) is 12.8. The minimum Gasteiger partial charge on any atom is -0.480 e. The van der Waals surface area contributed by atoms with E-state index in [4.69, 9.17) is 16.3 Å². The second-order valence-electron chi connectivity index (χ2n) is 7.00. The molecular weight excluding hydrogens is 424 g/mol. The van der Waals surface area contributed by atoms with Crippen LogP contribution in [0.15, 0.2) is 66.2 Å². The number of nitrogens with zero attached hydrogens (tertiary/aromatic N) is 1. The zero-order valence-corrected chi connectivity index (χ0v) is 17.1. The summed E-state index contributed by atoms with van der Waals surface area (Å²) in [6, 6.07) is 15.0. The summed E-state index contributed by atoms with van der Waals surface area (Å²) in [5.41, 5.74) is 0.264. The number of carbonyl (C=O) groups is 4. The van der Waals surface area contributed by atoms with Crippen molar-refractivity contribution >= 4 is 46.4 Å². The van der Waals surface area contributed by atoms with E-state index in [2.05, 4.69) is 11.2 Å². The van der Waals surface area contributed by atoms with Crippen LogP contribution in [0, 0.1) is 12.3 Å². The second kappa shape index (κ2) is 8.69. The fourth-order valence-corrected chi connectivity index (χ4v) is 3.46. The SMILES string of the molecule is C#CCOc1ccc2ccccc2c1/C=C1\C(=O)NC(=O)N(c2ccc(C(=O)O)cc2)C1=O. The predicted molar refractivity (Wildman–Crippen MR) is 121 cm³/mol. The minimum atomic E-state index is -1.15. The molecule has 4 rings (SSSR count). The number of benzene rings is 3. The number of carboxylic acids is 1. The average Bonchev–Trinajstić information content (AvgIpc) is 2.81. The molecule has 4 amide bonds. The molecule has 1 saturated heterocycles. The van der Waals surface area contributed by atoms with Gasteiger partial charge in [0.25, 0.3) is 11.8 Å². The molecule has 1 heterocycles. The first-order chi connectivity index (χ1) is 15.9. The summed E-state index contributed by atoms with van der Waals surface area (Å²) in [6.07, 6.45) is 6.66. The third-order valence-electron chi connectivity index (χ3n) is 5.00. The number of imide groups is 2. The third-order valence-corrected chi connectivity index (χ3v) is 5.00. The van der Waals surface area contributed by atoms with Gasteiger partial charge in [0.1, 0.15) is 17.9 Å². The lowest BCUT2D eigenvalue weighted by Crippen LogP contribution is -2.54. The third kappa shape index (κ3) is 4.03. The molecule has 0 unspecified atom stereocenters. The van der Waals surface area contributed by atoms with Gasteiger partial charge in [0.2, 0.25) is 0 Å². The Hall–Kier alpha value is -4.90. The lowest BCUT2D eigenvalue weighted by Gasteiger charge is -2.26. The number of amides is 4. The van der Waals surface area contributed by atoms with E-state index in [1.165, 1.54) is 30.3 Å². The van der Waals surface area contributed by atoms with Gasteiger partial charge in [-0.3, -0.25) is 14.9 Å². The van der Waals surface area contributed by atoms with E-state index in [0.717, 1.165) is 15.7 Å². The van der Waals surface area contributed by atoms with Gasteiger partial charge in [0, 0.05) is 5.56 Å². The van der Waals surface area contributed by atoms with Crippen LogP contribution in [0.1, 0.15) is 15.9 Å². The maximum absolute atomic E-state index is 13.2. The zero-order valence-electron chi connectivity index (χ0n) is 17.1. The van der Waals surface area contributed by atoms with Crippen molar-refractivity contribution in [2.24, 2.45) is 0 Å². The Bertz CT molecular complexity index is 1380. The molecular formula is C25H16N2O6. The molecule has 0 aliphatic carbocycles. The van der Waals surface area contributed by atoms with Gasteiger partial charge in [0.15, 0.2) is 0 Å². The maximum Gasteiger partial charge on any atom is 0.335 e. The molecule has 1 aliphatic heterocycles. The Morgan fingerprint density at radius 3 is 2.48 bits per heavy atom. The number of ether oxygens (including phenoxy) is 1. The molecule has 8 heteroatoms. The largest absolute Gasteiger partial charge is 0.480 e. The Morgan fingerprint density at radius 1 is 1.06 bits per heavy atom. The number of nitrogens with one attached hydrogen (secondary N) is 1. The van der Waals surface area contributed by atoms with Gasteiger partial charge in [-0.05, 0) is 47.2 Å². The van der Waals surface area contributed by atoms with Crippen molar-refractivity contribution in [1.82, 2.24) is 5.32 Å². The molecule has 0 bridgehead atoms. The van der Waals surface area contributed by atoms with Crippen LogP contribution < -0.4 is 15.0 Å². The molecule has 33 heavy (non-hydrogen) atoms. The monoisotopic (exact) mass is 440 g/mol. The molecule has 3 aromatic rings. The summed E-state index contributed by atoms with van der Waals surface area (Å²) in [6.45, 7) is -0.0187. The number of urea groups is 1. The topological polar surface area (TPSA) is 113 Å². The van der Waals surface area contributed by atoms with Gasteiger partial charge in [-0.2, -0.15) is 0 Å². The molecule has 0 saturated carbocycles. The normalized spacial score (nSPS) is 14.8. The molecule has 3 aromatic carbocycles. The highest BCUT2D eigenvalue weighted by Crippen LogP contribution is 2.32. The first kappa shape index (κ1) is 21.3. The molecule has 0 spiro atoms. The number of anilines is 1. The molecule has 0 radical (unpaired) electrons. The van der Waals surface area contributed by atoms with Crippen LogP contribution in [-0.4, -0.2) is 35.5 Å². The van der Waals surface area contributed by atoms with E-state index in [9.17, 15) is 19.2 Å². The van der Waals surface area contributed by atoms with Crippen molar-refractivity contribution in [3.8, 4) is 18.1 Å². The summed E-state index contributed by atoms with van der Waals surface area (Å²) >= 11 is 0. The van der Waals surface area contributed by atoms with Crippen LogP contribution in [0.2, 0.25) is 0 Å². The predicted octanol–water partition coefficient (Wildman–Crippen LogP) is 3.22. The summed E-state index contributed by atoms with van der Waals surface area (Å²) in [4.78, 5) is 50.1. The summed E-state index contributed by atoms with van der Waals surface area (Å²) in [5.74, 6) is -0.126. The fraction of sp³-hybridized carbons (Fsp3) is 0.0400. The molecule has 0 aromatic heterocycles. The van der Waals surface area contributed by atoms with Crippen LogP contribution in [0.5, 0.6) is 5.75 Å². The van der Waals surface area contributed by atoms with Gasteiger partial charge >= 0.3 is 12.0 Å². The number of fused-ring (bicyclic) bond motifs is 1. The zero-order chi connectivity index (χ0) is 23.5. The standard InChI is InChI=1S/C25H16N2O6/c1-2-13-33-21-12-9-15-5-3-4-6-18(15)19(21)14-20-22(28)26-25(32)27(23(20)29)17-10-7-16(8-11-17)24(30)31/h1,3-12,14H,13H2,(H,30,31)(H,26,28,32)/b20-14+. The van der Waals surface area contributed by atoms with Gasteiger partial charge in [-0.1, -0.05) is 36.3 Å².